The maximum absolute atomic E-state index is 11.9. The number of fused-ring (bicyclic) bond motifs is 1. The number of hydrogen-bond acceptors (Lipinski definition) is 2. The Morgan fingerprint density at radius 1 is 0.944 bits per heavy atom. The summed E-state index contributed by atoms with van der Waals surface area (Å²) in [4.78, 5) is 17.0. The van der Waals surface area contributed by atoms with Gasteiger partial charge in [0.05, 0.1) is 5.57 Å². The minimum absolute atomic E-state index is 0.224. The van der Waals surface area contributed by atoms with E-state index in [0.29, 0.717) is 11.3 Å². The van der Waals surface area contributed by atoms with Gasteiger partial charge in [-0.3, -0.25) is 4.79 Å². The number of carbonyl (C=O) groups excluding carboxylic acids is 1. The van der Waals surface area contributed by atoms with Crippen LogP contribution in [0.3, 0.4) is 0 Å². The maximum atomic E-state index is 11.9. The summed E-state index contributed by atoms with van der Waals surface area (Å²) in [6.45, 7) is 0. The molecule has 0 aromatic heterocycles. The third-order valence-electron chi connectivity index (χ3n) is 2.79. The first kappa shape index (κ1) is 10.6. The standard InChI is InChI=1S/C15H11NO2/c17-15-13(10-11-6-2-1-3-7-11)12-8-4-5-9-14(12)18-16-15/h1-10H,(H,16,17). The molecule has 88 valence electrons. The van der Waals surface area contributed by atoms with Gasteiger partial charge in [0.25, 0.3) is 5.91 Å². The highest BCUT2D eigenvalue weighted by Crippen LogP contribution is 2.30. The largest absolute Gasteiger partial charge is 0.379 e. The number of benzene rings is 2. The molecule has 18 heavy (non-hydrogen) atoms. The molecule has 1 heterocycles. The molecule has 2 aromatic carbocycles. The van der Waals surface area contributed by atoms with Gasteiger partial charge in [-0.2, -0.15) is 5.48 Å². The van der Waals surface area contributed by atoms with Crippen LogP contribution in [-0.2, 0) is 4.79 Å². The molecular weight excluding hydrogens is 226 g/mol. The maximum Gasteiger partial charge on any atom is 0.284 e. The second-order valence-electron chi connectivity index (χ2n) is 4.00. The first-order valence-corrected chi connectivity index (χ1v) is 5.68. The van der Waals surface area contributed by atoms with Crippen molar-refractivity contribution in [2.24, 2.45) is 0 Å². The van der Waals surface area contributed by atoms with Crippen molar-refractivity contribution in [3.63, 3.8) is 0 Å². The van der Waals surface area contributed by atoms with Crippen LogP contribution in [0.2, 0.25) is 0 Å². The van der Waals surface area contributed by atoms with Gasteiger partial charge in [0.1, 0.15) is 0 Å². The van der Waals surface area contributed by atoms with E-state index < -0.39 is 0 Å². The minimum Gasteiger partial charge on any atom is -0.379 e. The van der Waals surface area contributed by atoms with E-state index in [1.165, 1.54) is 0 Å². The molecule has 1 amide bonds. The first-order valence-electron chi connectivity index (χ1n) is 5.68. The highest BCUT2D eigenvalue weighted by atomic mass is 16.7. The lowest BCUT2D eigenvalue weighted by Crippen LogP contribution is -2.32. The zero-order valence-corrected chi connectivity index (χ0v) is 9.59. The van der Waals surface area contributed by atoms with Gasteiger partial charge in [-0.25, -0.2) is 0 Å². The van der Waals surface area contributed by atoms with E-state index in [4.69, 9.17) is 4.84 Å². The Bertz CT molecular complexity index is 617. The summed E-state index contributed by atoms with van der Waals surface area (Å²) in [5, 5.41) is 0. The zero-order valence-electron chi connectivity index (χ0n) is 9.59. The summed E-state index contributed by atoms with van der Waals surface area (Å²) in [7, 11) is 0. The average molecular weight is 237 g/mol. The molecule has 1 aliphatic heterocycles. The van der Waals surface area contributed by atoms with Gasteiger partial charge in [0.2, 0.25) is 0 Å². The number of amides is 1. The molecule has 0 radical (unpaired) electrons. The molecule has 3 rings (SSSR count). The second kappa shape index (κ2) is 4.37. The van der Waals surface area contributed by atoms with Crippen LogP contribution in [0.1, 0.15) is 11.1 Å². The summed E-state index contributed by atoms with van der Waals surface area (Å²) in [6, 6.07) is 17.2. The van der Waals surface area contributed by atoms with Crippen LogP contribution in [0.25, 0.3) is 11.6 Å². The van der Waals surface area contributed by atoms with Crippen LogP contribution in [0.15, 0.2) is 54.6 Å². The van der Waals surface area contributed by atoms with Crippen LogP contribution in [0.4, 0.5) is 0 Å². The van der Waals surface area contributed by atoms with Crippen molar-refractivity contribution < 1.29 is 9.63 Å². The predicted molar refractivity (Wildman–Crippen MR) is 69.5 cm³/mol. The van der Waals surface area contributed by atoms with E-state index in [2.05, 4.69) is 5.48 Å². The Morgan fingerprint density at radius 2 is 1.67 bits per heavy atom. The Kier molecular flexibility index (Phi) is 2.57. The number of hydrogen-bond donors (Lipinski definition) is 1. The van der Waals surface area contributed by atoms with Crippen LogP contribution in [0, 0.1) is 0 Å². The van der Waals surface area contributed by atoms with E-state index >= 15 is 0 Å². The Labute approximate surface area is 105 Å². The molecule has 0 saturated heterocycles. The fraction of sp³-hybridized carbons (Fsp3) is 0. The zero-order chi connectivity index (χ0) is 12.4. The SMILES string of the molecule is O=C1NOc2ccccc2C1=Cc1ccccc1. The van der Waals surface area contributed by atoms with Gasteiger partial charge in [0, 0.05) is 5.56 Å². The Hall–Kier alpha value is -2.55. The van der Waals surface area contributed by atoms with E-state index in [0.717, 1.165) is 11.1 Å². The Morgan fingerprint density at radius 3 is 2.50 bits per heavy atom. The van der Waals surface area contributed by atoms with E-state index in [9.17, 15) is 4.79 Å². The fourth-order valence-corrected chi connectivity index (χ4v) is 1.92. The van der Waals surface area contributed by atoms with Gasteiger partial charge in [-0.1, -0.05) is 48.5 Å². The topological polar surface area (TPSA) is 38.3 Å². The van der Waals surface area contributed by atoms with Crippen molar-refractivity contribution in [2.75, 3.05) is 0 Å². The third kappa shape index (κ3) is 1.86. The van der Waals surface area contributed by atoms with Gasteiger partial charge in [-0.05, 0) is 17.7 Å². The summed E-state index contributed by atoms with van der Waals surface area (Å²) >= 11 is 0. The molecule has 0 spiro atoms. The first-order chi connectivity index (χ1) is 8.84. The van der Waals surface area contributed by atoms with E-state index in [-0.39, 0.29) is 5.91 Å². The van der Waals surface area contributed by atoms with Gasteiger partial charge >= 0.3 is 0 Å². The van der Waals surface area contributed by atoms with Gasteiger partial charge in [-0.15, -0.1) is 0 Å². The normalized spacial score (nSPS) is 15.8. The van der Waals surface area contributed by atoms with Crippen LogP contribution in [0.5, 0.6) is 5.75 Å². The minimum atomic E-state index is -0.224. The molecule has 3 heteroatoms. The van der Waals surface area contributed by atoms with Gasteiger partial charge < -0.3 is 4.84 Å². The van der Waals surface area contributed by atoms with Crippen molar-refractivity contribution >= 4 is 17.6 Å². The van der Waals surface area contributed by atoms with E-state index in [1.54, 1.807) is 0 Å². The predicted octanol–water partition coefficient (Wildman–Crippen LogP) is 2.65. The van der Waals surface area contributed by atoms with Crippen LogP contribution >= 0.6 is 0 Å². The number of carbonyl (C=O) groups is 1. The van der Waals surface area contributed by atoms with Crippen molar-refractivity contribution in [1.82, 2.24) is 5.48 Å². The number of rotatable bonds is 1. The molecule has 0 saturated carbocycles. The summed E-state index contributed by atoms with van der Waals surface area (Å²) in [5.74, 6) is 0.442. The highest BCUT2D eigenvalue weighted by molar-refractivity contribution is 6.25. The molecule has 0 atom stereocenters. The monoisotopic (exact) mass is 237 g/mol. The molecule has 1 aliphatic rings. The molecule has 2 aromatic rings. The van der Waals surface area contributed by atoms with Crippen LogP contribution < -0.4 is 10.3 Å². The molecule has 0 bridgehead atoms. The van der Waals surface area contributed by atoms with E-state index in [1.807, 2.05) is 60.7 Å². The second-order valence-corrected chi connectivity index (χ2v) is 4.00. The molecule has 1 N–H and O–H groups in total. The number of hydroxylamine groups is 1. The number of nitrogens with one attached hydrogen (secondary N) is 1. The quantitative estimate of drug-likeness (QED) is 0.774. The van der Waals surface area contributed by atoms with Crippen molar-refractivity contribution in [2.45, 2.75) is 0 Å². The molecule has 0 fully saturated rings. The lowest BCUT2D eigenvalue weighted by Gasteiger charge is -2.19. The number of para-hydroxylation sites is 1. The van der Waals surface area contributed by atoms with Crippen molar-refractivity contribution in [3.05, 3.63) is 65.7 Å². The molecular formula is C15H11NO2. The van der Waals surface area contributed by atoms with Crippen molar-refractivity contribution in [1.29, 1.82) is 0 Å². The fourth-order valence-electron chi connectivity index (χ4n) is 1.92. The van der Waals surface area contributed by atoms with Crippen molar-refractivity contribution in [3.8, 4) is 5.75 Å². The van der Waals surface area contributed by atoms with Gasteiger partial charge in [0.15, 0.2) is 5.75 Å². The molecule has 0 aliphatic carbocycles. The third-order valence-corrected chi connectivity index (χ3v) is 2.79. The average Bonchev–Trinajstić information content (AvgIpc) is 2.43. The highest BCUT2D eigenvalue weighted by Gasteiger charge is 2.21. The summed E-state index contributed by atoms with van der Waals surface area (Å²) < 4.78 is 0. The van der Waals surface area contributed by atoms with Crippen LogP contribution in [-0.4, -0.2) is 5.91 Å². The smallest absolute Gasteiger partial charge is 0.284 e. The molecule has 3 nitrogen and oxygen atoms in total. The molecule has 0 unspecified atom stereocenters. The summed E-state index contributed by atoms with van der Waals surface area (Å²) in [5.41, 5.74) is 4.81. The lowest BCUT2D eigenvalue weighted by molar-refractivity contribution is -0.122. The Balaban J connectivity index is 2.11. The summed E-state index contributed by atoms with van der Waals surface area (Å²) in [6.07, 6.45) is 1.86. The lowest BCUT2D eigenvalue weighted by atomic mass is 10.0.